The van der Waals surface area contributed by atoms with E-state index in [1.807, 2.05) is 18.2 Å². The molecule has 0 amide bonds. The lowest BCUT2D eigenvalue weighted by Gasteiger charge is -2.10. The van der Waals surface area contributed by atoms with Crippen LogP contribution in [0.15, 0.2) is 45.3 Å². The molecule has 0 fully saturated rings. The molecule has 3 N–H and O–H groups in total. The van der Waals surface area contributed by atoms with E-state index in [1.54, 1.807) is 12.1 Å². The highest BCUT2D eigenvalue weighted by atomic mass is 79.9. The highest BCUT2D eigenvalue weighted by Crippen LogP contribution is 2.28. The van der Waals surface area contributed by atoms with Crippen LogP contribution in [-0.4, -0.2) is 10.2 Å². The number of hydrogen-bond acceptors (Lipinski definition) is 3. The van der Waals surface area contributed by atoms with E-state index >= 15 is 0 Å². The zero-order chi connectivity index (χ0) is 13.1. The maximum absolute atomic E-state index is 9.67. The molecule has 0 bridgehead atoms. The van der Waals surface area contributed by atoms with E-state index in [1.165, 1.54) is 6.07 Å². The molecule has 94 valence electrons. The first-order valence-corrected chi connectivity index (χ1v) is 6.84. The van der Waals surface area contributed by atoms with Gasteiger partial charge in [0.25, 0.3) is 0 Å². The molecule has 0 radical (unpaired) electrons. The number of phenols is 2. The summed E-state index contributed by atoms with van der Waals surface area (Å²) in [7, 11) is 0. The average molecular weight is 373 g/mol. The quantitative estimate of drug-likeness (QED) is 0.755. The third-order valence-electron chi connectivity index (χ3n) is 2.47. The number of phenolic OH excluding ortho intramolecular Hbond substituents is 2. The minimum atomic E-state index is 0.0555. The van der Waals surface area contributed by atoms with Gasteiger partial charge in [0.1, 0.15) is 11.5 Å². The van der Waals surface area contributed by atoms with Crippen molar-refractivity contribution in [1.29, 1.82) is 0 Å². The van der Waals surface area contributed by atoms with Crippen LogP contribution >= 0.6 is 31.9 Å². The van der Waals surface area contributed by atoms with Crippen LogP contribution in [0.1, 0.15) is 5.56 Å². The molecular formula is C13H11Br2NO2. The van der Waals surface area contributed by atoms with Crippen molar-refractivity contribution in [3.05, 3.63) is 50.9 Å². The Hall–Kier alpha value is -1.20. The largest absolute Gasteiger partial charge is 0.508 e. The normalized spacial score (nSPS) is 10.3. The predicted molar refractivity (Wildman–Crippen MR) is 78.9 cm³/mol. The Balaban J connectivity index is 2.13. The number of halogens is 2. The van der Waals surface area contributed by atoms with Gasteiger partial charge in [0, 0.05) is 32.8 Å². The van der Waals surface area contributed by atoms with Crippen LogP contribution in [0.4, 0.5) is 5.69 Å². The van der Waals surface area contributed by atoms with Gasteiger partial charge in [-0.25, -0.2) is 0 Å². The van der Waals surface area contributed by atoms with Crippen molar-refractivity contribution in [2.75, 3.05) is 5.32 Å². The van der Waals surface area contributed by atoms with E-state index in [0.29, 0.717) is 6.54 Å². The molecule has 0 aromatic heterocycles. The SMILES string of the molecule is Oc1ccc(CNc2cc(Br)ccc2Br)c(O)c1. The molecule has 0 saturated heterocycles. The van der Waals surface area contributed by atoms with Gasteiger partial charge in [-0.2, -0.15) is 0 Å². The van der Waals surface area contributed by atoms with Crippen molar-refractivity contribution in [1.82, 2.24) is 0 Å². The zero-order valence-corrected chi connectivity index (χ0v) is 12.5. The van der Waals surface area contributed by atoms with Gasteiger partial charge < -0.3 is 15.5 Å². The zero-order valence-electron chi connectivity index (χ0n) is 9.32. The maximum Gasteiger partial charge on any atom is 0.124 e. The molecule has 5 heteroatoms. The van der Waals surface area contributed by atoms with Gasteiger partial charge in [0.15, 0.2) is 0 Å². The van der Waals surface area contributed by atoms with E-state index in [2.05, 4.69) is 37.2 Å². The second-order valence-corrected chi connectivity index (χ2v) is 5.56. The van der Waals surface area contributed by atoms with Crippen LogP contribution in [0, 0.1) is 0 Å². The molecule has 0 unspecified atom stereocenters. The Morgan fingerprint density at radius 1 is 1.00 bits per heavy atom. The molecule has 0 aliphatic heterocycles. The monoisotopic (exact) mass is 371 g/mol. The summed E-state index contributed by atoms with van der Waals surface area (Å²) < 4.78 is 1.92. The number of hydrogen-bond donors (Lipinski definition) is 3. The Morgan fingerprint density at radius 3 is 2.50 bits per heavy atom. The summed E-state index contributed by atoms with van der Waals surface area (Å²) in [5.74, 6) is 0.133. The molecule has 0 aliphatic carbocycles. The molecule has 0 heterocycles. The van der Waals surface area contributed by atoms with Crippen LogP contribution < -0.4 is 5.32 Å². The summed E-state index contributed by atoms with van der Waals surface area (Å²) in [6.07, 6.45) is 0. The Labute approximate surface area is 122 Å². The van der Waals surface area contributed by atoms with Gasteiger partial charge in [0.2, 0.25) is 0 Å². The number of nitrogens with one attached hydrogen (secondary N) is 1. The first-order valence-electron chi connectivity index (χ1n) is 5.26. The minimum absolute atomic E-state index is 0.0555. The van der Waals surface area contributed by atoms with E-state index in [9.17, 15) is 10.2 Å². The van der Waals surface area contributed by atoms with Gasteiger partial charge in [-0.1, -0.05) is 15.9 Å². The van der Waals surface area contributed by atoms with Crippen molar-refractivity contribution < 1.29 is 10.2 Å². The van der Waals surface area contributed by atoms with Gasteiger partial charge in [-0.05, 0) is 46.3 Å². The fraction of sp³-hybridized carbons (Fsp3) is 0.0769. The Morgan fingerprint density at radius 2 is 1.78 bits per heavy atom. The molecule has 3 nitrogen and oxygen atoms in total. The standard InChI is InChI=1S/C13H11Br2NO2/c14-9-2-4-11(15)12(5-9)16-7-8-1-3-10(17)6-13(8)18/h1-6,16-18H,7H2. The molecule has 0 spiro atoms. The van der Waals surface area contributed by atoms with E-state index in [0.717, 1.165) is 20.2 Å². The molecule has 0 saturated carbocycles. The van der Waals surface area contributed by atoms with Gasteiger partial charge in [-0.3, -0.25) is 0 Å². The van der Waals surface area contributed by atoms with Crippen LogP contribution in [0.5, 0.6) is 11.5 Å². The summed E-state index contributed by atoms with van der Waals surface area (Å²) in [6.45, 7) is 0.473. The highest BCUT2D eigenvalue weighted by molar-refractivity contribution is 9.11. The van der Waals surface area contributed by atoms with Crippen molar-refractivity contribution in [3.63, 3.8) is 0 Å². The second kappa shape index (κ2) is 5.63. The predicted octanol–water partition coefficient (Wildman–Crippen LogP) is 4.23. The van der Waals surface area contributed by atoms with E-state index < -0.39 is 0 Å². The average Bonchev–Trinajstić information content (AvgIpc) is 2.32. The van der Waals surface area contributed by atoms with Crippen LogP contribution in [0.25, 0.3) is 0 Å². The fourth-order valence-corrected chi connectivity index (χ4v) is 2.27. The lowest BCUT2D eigenvalue weighted by atomic mass is 10.2. The Bertz CT molecular complexity index is 573. The fourth-order valence-electron chi connectivity index (χ4n) is 1.53. The summed E-state index contributed by atoms with van der Waals surface area (Å²) in [5, 5.41) is 22.1. The third-order valence-corrected chi connectivity index (χ3v) is 3.65. The minimum Gasteiger partial charge on any atom is -0.508 e. The lowest BCUT2D eigenvalue weighted by Crippen LogP contribution is -2.00. The van der Waals surface area contributed by atoms with Crippen molar-refractivity contribution in [3.8, 4) is 11.5 Å². The molecule has 18 heavy (non-hydrogen) atoms. The van der Waals surface area contributed by atoms with Crippen molar-refractivity contribution in [2.45, 2.75) is 6.54 Å². The van der Waals surface area contributed by atoms with Crippen LogP contribution in [-0.2, 0) is 6.54 Å². The number of aromatic hydroxyl groups is 2. The van der Waals surface area contributed by atoms with E-state index in [4.69, 9.17) is 0 Å². The van der Waals surface area contributed by atoms with Crippen LogP contribution in [0.3, 0.4) is 0 Å². The van der Waals surface area contributed by atoms with Gasteiger partial charge >= 0.3 is 0 Å². The topological polar surface area (TPSA) is 52.5 Å². The number of rotatable bonds is 3. The number of benzene rings is 2. The first kappa shape index (κ1) is 13.2. The molecular weight excluding hydrogens is 362 g/mol. The van der Waals surface area contributed by atoms with Crippen molar-refractivity contribution in [2.24, 2.45) is 0 Å². The molecule has 2 rings (SSSR count). The molecule has 2 aromatic rings. The highest BCUT2D eigenvalue weighted by Gasteiger charge is 2.04. The molecule has 0 aliphatic rings. The Kier molecular flexibility index (Phi) is 4.14. The smallest absolute Gasteiger partial charge is 0.124 e. The lowest BCUT2D eigenvalue weighted by molar-refractivity contribution is 0.446. The molecule has 2 aromatic carbocycles. The molecule has 0 atom stereocenters. The first-order chi connectivity index (χ1) is 8.56. The summed E-state index contributed by atoms with van der Waals surface area (Å²) in [6, 6.07) is 10.4. The number of anilines is 1. The summed E-state index contributed by atoms with van der Waals surface area (Å²) in [5.41, 5.74) is 1.65. The van der Waals surface area contributed by atoms with E-state index in [-0.39, 0.29) is 11.5 Å². The summed E-state index contributed by atoms with van der Waals surface area (Å²) in [4.78, 5) is 0. The summed E-state index contributed by atoms with van der Waals surface area (Å²) >= 11 is 6.85. The van der Waals surface area contributed by atoms with Gasteiger partial charge in [0.05, 0.1) is 0 Å². The van der Waals surface area contributed by atoms with Gasteiger partial charge in [-0.15, -0.1) is 0 Å². The van der Waals surface area contributed by atoms with Crippen LogP contribution in [0.2, 0.25) is 0 Å². The second-order valence-electron chi connectivity index (χ2n) is 3.79. The maximum atomic E-state index is 9.67. The van der Waals surface area contributed by atoms with Crippen molar-refractivity contribution >= 4 is 37.5 Å². The third kappa shape index (κ3) is 3.17.